The summed E-state index contributed by atoms with van der Waals surface area (Å²) in [5.41, 5.74) is 1.82. The lowest BCUT2D eigenvalue weighted by Crippen LogP contribution is -2.50. The maximum atomic E-state index is 13.1. The van der Waals surface area contributed by atoms with Gasteiger partial charge in [0.2, 0.25) is 5.91 Å². The highest BCUT2D eigenvalue weighted by molar-refractivity contribution is 14.1. The Hall–Kier alpha value is -1.84. The quantitative estimate of drug-likeness (QED) is 0.597. The van der Waals surface area contributed by atoms with Gasteiger partial charge in [0.05, 0.1) is 17.1 Å². The summed E-state index contributed by atoms with van der Waals surface area (Å²) in [6, 6.07) is 5.08. The summed E-state index contributed by atoms with van der Waals surface area (Å²) in [7, 11) is 0. The van der Waals surface area contributed by atoms with Crippen LogP contribution >= 0.6 is 22.6 Å². The summed E-state index contributed by atoms with van der Waals surface area (Å²) in [5.74, 6) is 0.770. The van der Waals surface area contributed by atoms with Gasteiger partial charge in [-0.25, -0.2) is 9.78 Å². The molecule has 1 aliphatic rings. The van der Waals surface area contributed by atoms with E-state index in [2.05, 4.69) is 39.8 Å². The highest BCUT2D eigenvalue weighted by Crippen LogP contribution is 2.35. The van der Waals surface area contributed by atoms with Crippen molar-refractivity contribution in [1.82, 2.24) is 20.2 Å². The van der Waals surface area contributed by atoms with Crippen LogP contribution in [-0.2, 0) is 4.79 Å². The number of carboxylic acid groups (broad SMARTS) is 1. The zero-order valence-corrected chi connectivity index (χ0v) is 17.1. The van der Waals surface area contributed by atoms with Crippen LogP contribution < -0.4 is 5.32 Å². The normalized spacial score (nSPS) is 21.3. The van der Waals surface area contributed by atoms with Crippen molar-refractivity contribution in [2.45, 2.75) is 39.3 Å². The first-order valence-electron chi connectivity index (χ1n) is 8.71. The minimum Gasteiger partial charge on any atom is -0.465 e. The zero-order chi connectivity index (χ0) is 19.0. The standard InChI is InChI=1S/C18H23IN4O3/c1-9(2)15(22-18(25)26)17(24)23-8-10(3)6-14(23)16-20-12-5-4-11(19)7-13(12)21-16/h4-5,7,9-10,14-15,22H,6,8H2,1-3H3,(H,20,21)(H,25,26)/t10-,14-,15-/m0/s1. The molecular weight excluding hydrogens is 447 g/mol. The van der Waals surface area contributed by atoms with Crippen molar-refractivity contribution in [3.63, 3.8) is 0 Å². The number of H-pyrrole nitrogens is 1. The molecule has 1 fully saturated rings. The molecule has 3 atom stereocenters. The molecule has 26 heavy (non-hydrogen) atoms. The molecular formula is C18H23IN4O3. The number of benzene rings is 1. The van der Waals surface area contributed by atoms with E-state index in [-0.39, 0.29) is 17.9 Å². The number of halogens is 1. The Bertz CT molecular complexity index is 835. The lowest BCUT2D eigenvalue weighted by molar-refractivity contribution is -0.135. The number of fused-ring (bicyclic) bond motifs is 1. The van der Waals surface area contributed by atoms with Crippen molar-refractivity contribution in [3.05, 3.63) is 27.6 Å². The van der Waals surface area contributed by atoms with Crippen molar-refractivity contribution in [1.29, 1.82) is 0 Å². The van der Waals surface area contributed by atoms with Crippen LogP contribution in [0.15, 0.2) is 18.2 Å². The minimum absolute atomic E-state index is 0.132. The fourth-order valence-electron chi connectivity index (χ4n) is 3.53. The van der Waals surface area contributed by atoms with Crippen LogP contribution in [0.5, 0.6) is 0 Å². The lowest BCUT2D eigenvalue weighted by atomic mass is 10.0. The number of carbonyl (C=O) groups is 2. The second-order valence-corrected chi connectivity index (χ2v) is 8.55. The van der Waals surface area contributed by atoms with Crippen LogP contribution in [0.25, 0.3) is 11.0 Å². The number of imidazole rings is 1. The number of aromatic amines is 1. The summed E-state index contributed by atoms with van der Waals surface area (Å²) in [6.07, 6.45) is -0.375. The van der Waals surface area contributed by atoms with Crippen LogP contribution in [-0.4, -0.2) is 44.6 Å². The zero-order valence-electron chi connectivity index (χ0n) is 15.0. The van der Waals surface area contributed by atoms with Gasteiger partial charge in [0, 0.05) is 10.1 Å². The predicted octanol–water partition coefficient (Wildman–Crippen LogP) is 3.37. The fourth-order valence-corrected chi connectivity index (χ4v) is 4.01. The molecule has 0 spiro atoms. The Labute approximate surface area is 165 Å². The van der Waals surface area contributed by atoms with Gasteiger partial charge in [0.1, 0.15) is 11.9 Å². The molecule has 0 unspecified atom stereocenters. The highest BCUT2D eigenvalue weighted by Gasteiger charge is 2.40. The van der Waals surface area contributed by atoms with Crippen LogP contribution in [0.1, 0.15) is 39.1 Å². The third-order valence-electron chi connectivity index (χ3n) is 4.78. The molecule has 0 bridgehead atoms. The van der Waals surface area contributed by atoms with Crippen LogP contribution in [0.3, 0.4) is 0 Å². The minimum atomic E-state index is -1.18. The molecule has 3 N–H and O–H groups in total. The molecule has 2 heterocycles. The van der Waals surface area contributed by atoms with Gasteiger partial charge in [-0.2, -0.15) is 0 Å². The Kier molecular flexibility index (Phi) is 5.40. The maximum absolute atomic E-state index is 13.1. The monoisotopic (exact) mass is 470 g/mol. The van der Waals surface area contributed by atoms with Crippen LogP contribution in [0, 0.1) is 15.4 Å². The van der Waals surface area contributed by atoms with Crippen molar-refractivity contribution < 1.29 is 14.7 Å². The summed E-state index contributed by atoms with van der Waals surface area (Å²) >= 11 is 2.25. The third-order valence-corrected chi connectivity index (χ3v) is 5.46. The second-order valence-electron chi connectivity index (χ2n) is 7.30. The first-order chi connectivity index (χ1) is 12.3. The Balaban J connectivity index is 1.91. The van der Waals surface area contributed by atoms with Crippen molar-refractivity contribution in [3.8, 4) is 0 Å². The number of carbonyl (C=O) groups excluding carboxylic acids is 1. The maximum Gasteiger partial charge on any atom is 0.405 e. The molecule has 7 nitrogen and oxygen atoms in total. The average molecular weight is 470 g/mol. The molecule has 3 rings (SSSR count). The van der Waals surface area contributed by atoms with Gasteiger partial charge in [-0.3, -0.25) is 4.79 Å². The molecule has 1 aliphatic heterocycles. The number of rotatable bonds is 4. The number of nitrogens with zero attached hydrogens (tertiary/aromatic N) is 2. The van der Waals surface area contributed by atoms with E-state index in [1.807, 2.05) is 32.0 Å². The number of hydrogen-bond acceptors (Lipinski definition) is 3. The smallest absolute Gasteiger partial charge is 0.405 e. The molecule has 2 aromatic rings. The topological polar surface area (TPSA) is 98.3 Å². The Morgan fingerprint density at radius 1 is 1.42 bits per heavy atom. The third kappa shape index (κ3) is 3.79. The summed E-state index contributed by atoms with van der Waals surface area (Å²) in [4.78, 5) is 34.0. The first-order valence-corrected chi connectivity index (χ1v) is 9.79. The Morgan fingerprint density at radius 3 is 2.81 bits per heavy atom. The van der Waals surface area contributed by atoms with Gasteiger partial charge in [-0.05, 0) is 59.0 Å². The van der Waals surface area contributed by atoms with Crippen LogP contribution in [0.2, 0.25) is 0 Å². The van der Waals surface area contributed by atoms with E-state index in [0.717, 1.165) is 26.8 Å². The van der Waals surface area contributed by atoms with E-state index in [1.165, 1.54) is 0 Å². The molecule has 2 amide bonds. The van der Waals surface area contributed by atoms with Gasteiger partial charge in [0.25, 0.3) is 0 Å². The van der Waals surface area contributed by atoms with Gasteiger partial charge in [0.15, 0.2) is 0 Å². The highest BCUT2D eigenvalue weighted by atomic mass is 127. The fraction of sp³-hybridized carbons (Fsp3) is 0.500. The SMILES string of the molecule is CC(C)[C@H](NC(=O)O)C(=O)N1C[C@@H](C)C[C@H]1c1nc2cc(I)ccc2[nH]1. The number of likely N-dealkylation sites (tertiary alicyclic amines) is 1. The molecule has 0 radical (unpaired) electrons. The molecule has 1 aromatic heterocycles. The second kappa shape index (κ2) is 7.42. The molecule has 8 heteroatoms. The summed E-state index contributed by atoms with van der Waals surface area (Å²) < 4.78 is 1.10. The Morgan fingerprint density at radius 2 is 2.15 bits per heavy atom. The molecule has 140 valence electrons. The predicted molar refractivity (Wildman–Crippen MR) is 107 cm³/mol. The summed E-state index contributed by atoms with van der Waals surface area (Å²) in [5, 5.41) is 11.5. The lowest BCUT2D eigenvalue weighted by Gasteiger charge is -2.29. The average Bonchev–Trinajstić information content (AvgIpc) is 3.14. The summed E-state index contributed by atoms with van der Waals surface area (Å²) in [6.45, 7) is 6.38. The van der Waals surface area contributed by atoms with E-state index < -0.39 is 12.1 Å². The molecule has 1 aromatic carbocycles. The van der Waals surface area contributed by atoms with Crippen molar-refractivity contribution >= 4 is 45.6 Å². The van der Waals surface area contributed by atoms with E-state index in [4.69, 9.17) is 10.1 Å². The van der Waals surface area contributed by atoms with Gasteiger partial charge in [-0.1, -0.05) is 20.8 Å². The van der Waals surface area contributed by atoms with Crippen molar-refractivity contribution in [2.24, 2.45) is 11.8 Å². The number of aromatic nitrogens is 2. The van der Waals surface area contributed by atoms with Crippen molar-refractivity contribution in [2.75, 3.05) is 6.54 Å². The van der Waals surface area contributed by atoms with Gasteiger partial charge < -0.3 is 20.3 Å². The first kappa shape index (κ1) is 18.9. The van der Waals surface area contributed by atoms with E-state index in [9.17, 15) is 9.59 Å². The van der Waals surface area contributed by atoms with Gasteiger partial charge >= 0.3 is 6.09 Å². The number of amides is 2. The number of nitrogens with one attached hydrogen (secondary N) is 2. The van der Waals surface area contributed by atoms with Crippen LogP contribution in [0.4, 0.5) is 4.79 Å². The van der Waals surface area contributed by atoms with E-state index >= 15 is 0 Å². The largest absolute Gasteiger partial charge is 0.465 e. The van der Waals surface area contributed by atoms with E-state index in [1.54, 1.807) is 4.90 Å². The number of hydrogen-bond donors (Lipinski definition) is 3. The molecule has 1 saturated heterocycles. The van der Waals surface area contributed by atoms with E-state index in [0.29, 0.717) is 12.5 Å². The van der Waals surface area contributed by atoms with Gasteiger partial charge in [-0.15, -0.1) is 0 Å². The molecule has 0 aliphatic carbocycles. The molecule has 0 saturated carbocycles.